The Bertz CT molecular complexity index is 1190. The summed E-state index contributed by atoms with van der Waals surface area (Å²) < 4.78 is 5.54. The highest BCUT2D eigenvalue weighted by Crippen LogP contribution is 2.29. The van der Waals surface area contributed by atoms with Crippen LogP contribution in [0.25, 0.3) is 21.9 Å². The van der Waals surface area contributed by atoms with Crippen LogP contribution in [0.3, 0.4) is 0 Å². The summed E-state index contributed by atoms with van der Waals surface area (Å²) in [5.74, 6) is 1.71. The summed E-state index contributed by atoms with van der Waals surface area (Å²) in [6.45, 7) is 8.52. The maximum absolute atomic E-state index is 5.54. The molecular formula is C23H27N7O. The number of likely N-dealkylation sites (N-methyl/N-ethyl adjacent to an activating group) is 1. The molecule has 1 aliphatic heterocycles. The summed E-state index contributed by atoms with van der Waals surface area (Å²) in [6.07, 6.45) is 4.58. The first-order valence-corrected chi connectivity index (χ1v) is 10.8. The number of fused-ring (bicyclic) bond motifs is 3. The SMILES string of the molecule is CC(C)Cc1noc2ccc3cnc(Nc4ccc(N5CCN(C)CC5)cn4)nc3c12. The van der Waals surface area contributed by atoms with Crippen molar-refractivity contribution in [2.24, 2.45) is 5.92 Å². The molecule has 1 saturated heterocycles. The van der Waals surface area contributed by atoms with Crippen molar-refractivity contribution in [2.45, 2.75) is 20.3 Å². The van der Waals surface area contributed by atoms with E-state index in [4.69, 9.17) is 9.51 Å². The van der Waals surface area contributed by atoms with Crippen molar-refractivity contribution in [3.8, 4) is 0 Å². The van der Waals surface area contributed by atoms with Gasteiger partial charge in [0.25, 0.3) is 0 Å². The lowest BCUT2D eigenvalue weighted by atomic mass is 10.0. The molecule has 1 aromatic carbocycles. The molecular weight excluding hydrogens is 390 g/mol. The van der Waals surface area contributed by atoms with E-state index >= 15 is 0 Å². The number of hydrogen-bond acceptors (Lipinski definition) is 8. The van der Waals surface area contributed by atoms with Crippen molar-refractivity contribution in [3.63, 3.8) is 0 Å². The monoisotopic (exact) mass is 417 g/mol. The maximum atomic E-state index is 5.54. The van der Waals surface area contributed by atoms with Crippen LogP contribution < -0.4 is 10.2 Å². The number of pyridine rings is 1. The molecule has 0 bridgehead atoms. The Morgan fingerprint density at radius 2 is 1.87 bits per heavy atom. The average molecular weight is 418 g/mol. The zero-order valence-corrected chi connectivity index (χ0v) is 18.2. The van der Waals surface area contributed by atoms with E-state index in [0.29, 0.717) is 11.9 Å². The predicted octanol–water partition coefficient (Wildman–Crippen LogP) is 3.86. The van der Waals surface area contributed by atoms with Gasteiger partial charge in [0.1, 0.15) is 5.82 Å². The molecule has 31 heavy (non-hydrogen) atoms. The third-order valence-corrected chi connectivity index (χ3v) is 5.72. The lowest BCUT2D eigenvalue weighted by Gasteiger charge is -2.33. The van der Waals surface area contributed by atoms with Crippen LogP contribution >= 0.6 is 0 Å². The third-order valence-electron chi connectivity index (χ3n) is 5.72. The lowest BCUT2D eigenvalue weighted by molar-refractivity contribution is 0.313. The van der Waals surface area contributed by atoms with Gasteiger partial charge in [-0.05, 0) is 43.7 Å². The Hall–Kier alpha value is -3.26. The number of anilines is 3. The Morgan fingerprint density at radius 3 is 2.61 bits per heavy atom. The zero-order chi connectivity index (χ0) is 21.4. The zero-order valence-electron chi connectivity index (χ0n) is 18.2. The number of nitrogens with one attached hydrogen (secondary N) is 1. The minimum Gasteiger partial charge on any atom is -0.368 e. The molecule has 4 aromatic rings. The molecule has 0 atom stereocenters. The highest BCUT2D eigenvalue weighted by Gasteiger charge is 2.16. The van der Waals surface area contributed by atoms with Gasteiger partial charge >= 0.3 is 0 Å². The van der Waals surface area contributed by atoms with E-state index < -0.39 is 0 Å². The lowest BCUT2D eigenvalue weighted by Crippen LogP contribution is -2.44. The van der Waals surface area contributed by atoms with Gasteiger partial charge in [0, 0.05) is 37.8 Å². The van der Waals surface area contributed by atoms with Gasteiger partial charge in [-0.2, -0.15) is 0 Å². The summed E-state index contributed by atoms with van der Waals surface area (Å²) in [5, 5.41) is 9.45. The molecule has 5 rings (SSSR count). The van der Waals surface area contributed by atoms with E-state index in [-0.39, 0.29) is 0 Å². The summed E-state index contributed by atoms with van der Waals surface area (Å²) in [5.41, 5.74) is 3.68. The quantitative estimate of drug-likeness (QED) is 0.524. The van der Waals surface area contributed by atoms with Crippen LogP contribution in [0.4, 0.5) is 17.5 Å². The minimum absolute atomic E-state index is 0.478. The predicted molar refractivity (Wildman–Crippen MR) is 123 cm³/mol. The molecule has 0 spiro atoms. The number of hydrogen-bond donors (Lipinski definition) is 1. The van der Waals surface area contributed by atoms with Crippen molar-refractivity contribution in [3.05, 3.63) is 42.4 Å². The van der Waals surface area contributed by atoms with Crippen molar-refractivity contribution >= 4 is 39.3 Å². The van der Waals surface area contributed by atoms with Gasteiger partial charge in [0.15, 0.2) is 5.58 Å². The first-order chi connectivity index (χ1) is 15.1. The number of piperazine rings is 1. The number of rotatable bonds is 5. The Morgan fingerprint density at radius 1 is 1.03 bits per heavy atom. The van der Waals surface area contributed by atoms with Crippen molar-refractivity contribution in [1.29, 1.82) is 0 Å². The summed E-state index contributed by atoms with van der Waals surface area (Å²) in [4.78, 5) is 18.5. The van der Waals surface area contributed by atoms with Crippen molar-refractivity contribution in [2.75, 3.05) is 43.4 Å². The largest absolute Gasteiger partial charge is 0.368 e. The van der Waals surface area contributed by atoms with Crippen LogP contribution in [0.1, 0.15) is 19.5 Å². The first kappa shape index (κ1) is 19.7. The molecule has 8 nitrogen and oxygen atoms in total. The van der Waals surface area contributed by atoms with E-state index in [9.17, 15) is 0 Å². The van der Waals surface area contributed by atoms with Crippen molar-refractivity contribution < 1.29 is 4.52 Å². The van der Waals surface area contributed by atoms with Gasteiger partial charge in [0.2, 0.25) is 5.95 Å². The smallest absolute Gasteiger partial charge is 0.228 e. The molecule has 1 aliphatic rings. The van der Waals surface area contributed by atoms with Crippen LogP contribution in [-0.2, 0) is 6.42 Å². The van der Waals surface area contributed by atoms with Gasteiger partial charge < -0.3 is 19.6 Å². The molecule has 8 heteroatoms. The number of aromatic nitrogens is 4. The molecule has 0 unspecified atom stereocenters. The second-order valence-electron chi connectivity index (χ2n) is 8.61. The minimum atomic E-state index is 0.478. The van der Waals surface area contributed by atoms with Crippen LogP contribution in [0, 0.1) is 5.92 Å². The van der Waals surface area contributed by atoms with Gasteiger partial charge in [-0.15, -0.1) is 0 Å². The molecule has 1 N–H and O–H groups in total. The highest BCUT2D eigenvalue weighted by molar-refractivity contribution is 6.04. The molecule has 4 heterocycles. The van der Waals surface area contributed by atoms with Gasteiger partial charge in [-0.25, -0.2) is 15.0 Å². The first-order valence-electron chi connectivity index (χ1n) is 10.8. The fourth-order valence-electron chi connectivity index (χ4n) is 4.00. The fourth-order valence-corrected chi connectivity index (χ4v) is 4.00. The second-order valence-corrected chi connectivity index (χ2v) is 8.61. The van der Waals surface area contributed by atoms with Gasteiger partial charge in [0.05, 0.1) is 28.5 Å². The van der Waals surface area contributed by atoms with Gasteiger partial charge in [-0.3, -0.25) is 0 Å². The fraction of sp³-hybridized carbons (Fsp3) is 0.391. The molecule has 3 aromatic heterocycles. The molecule has 0 aliphatic carbocycles. The van der Waals surface area contributed by atoms with Crippen LogP contribution in [-0.4, -0.2) is 58.2 Å². The molecule has 0 amide bonds. The summed E-state index contributed by atoms with van der Waals surface area (Å²) >= 11 is 0. The number of nitrogens with zero attached hydrogens (tertiary/aromatic N) is 6. The molecule has 0 saturated carbocycles. The maximum Gasteiger partial charge on any atom is 0.228 e. The number of benzene rings is 1. The van der Waals surface area contributed by atoms with Crippen LogP contribution in [0.5, 0.6) is 0 Å². The van der Waals surface area contributed by atoms with E-state index in [2.05, 4.69) is 57.2 Å². The van der Waals surface area contributed by atoms with E-state index in [1.165, 1.54) is 0 Å². The molecule has 0 radical (unpaired) electrons. The Labute approximate surface area is 181 Å². The topological polar surface area (TPSA) is 83.2 Å². The third kappa shape index (κ3) is 4.03. The standard InChI is InChI=1S/C23H27N7O/c1-15(2)12-18-21-19(31-28-18)6-4-16-13-25-23(27-22(16)21)26-20-7-5-17(14-24-20)30-10-8-29(3)9-11-30/h4-7,13-15H,8-12H2,1-3H3,(H,24,25,26,27). The van der Waals surface area contributed by atoms with Crippen LogP contribution in [0.15, 0.2) is 41.2 Å². The van der Waals surface area contributed by atoms with E-state index in [1.54, 1.807) is 0 Å². The van der Waals surface area contributed by atoms with Crippen molar-refractivity contribution in [1.82, 2.24) is 25.0 Å². The average Bonchev–Trinajstić information content (AvgIpc) is 3.17. The summed E-state index contributed by atoms with van der Waals surface area (Å²) in [7, 11) is 2.16. The normalized spacial score (nSPS) is 15.3. The molecule has 160 valence electrons. The van der Waals surface area contributed by atoms with Crippen LogP contribution in [0.2, 0.25) is 0 Å². The highest BCUT2D eigenvalue weighted by atomic mass is 16.5. The van der Waals surface area contributed by atoms with E-state index in [1.807, 2.05) is 30.6 Å². The Kier molecular flexibility index (Phi) is 5.15. The van der Waals surface area contributed by atoms with E-state index in [0.717, 1.165) is 71.7 Å². The summed E-state index contributed by atoms with van der Waals surface area (Å²) in [6, 6.07) is 7.98. The molecule has 1 fully saturated rings. The van der Waals surface area contributed by atoms with Gasteiger partial charge in [-0.1, -0.05) is 19.0 Å². The Balaban J connectivity index is 1.41. The second kappa shape index (κ2) is 8.11.